The molecule has 2 rings (SSSR count). The number of Topliss-reactive ketones (excluding diaryl/α,β-unsaturated/α-hetero) is 1. The highest BCUT2D eigenvalue weighted by molar-refractivity contribution is 5.84. The van der Waals surface area contributed by atoms with Crippen LogP contribution >= 0.6 is 0 Å². The van der Waals surface area contributed by atoms with Crippen molar-refractivity contribution in [3.8, 4) is 0 Å². The van der Waals surface area contributed by atoms with E-state index >= 15 is 0 Å². The molecule has 0 spiro atoms. The molecule has 0 aromatic carbocycles. The third-order valence-corrected chi connectivity index (χ3v) is 3.81. The van der Waals surface area contributed by atoms with Gasteiger partial charge in [-0.2, -0.15) is 0 Å². The summed E-state index contributed by atoms with van der Waals surface area (Å²) in [5.41, 5.74) is -0.278. The van der Waals surface area contributed by atoms with Gasteiger partial charge in [0, 0.05) is 17.8 Å². The van der Waals surface area contributed by atoms with Crippen molar-refractivity contribution in [3.63, 3.8) is 0 Å². The Morgan fingerprint density at radius 3 is 2.69 bits per heavy atom. The number of ketones is 1. The third-order valence-electron chi connectivity index (χ3n) is 3.81. The van der Waals surface area contributed by atoms with E-state index in [1.54, 1.807) is 0 Å². The molecule has 2 fully saturated rings. The van der Waals surface area contributed by atoms with Crippen LogP contribution in [-0.4, -0.2) is 17.9 Å². The van der Waals surface area contributed by atoms with E-state index in [0.717, 1.165) is 19.3 Å². The van der Waals surface area contributed by atoms with Crippen LogP contribution < -0.4 is 0 Å². The standard InChI is InChI=1S/C13H20O3/c1-13(2,3)11(14)7-8-4-5-9-6-10(8)16-12(9)15/h8-10H,4-7H2,1-3H3. The van der Waals surface area contributed by atoms with Crippen molar-refractivity contribution in [1.82, 2.24) is 0 Å². The zero-order valence-corrected chi connectivity index (χ0v) is 10.3. The molecule has 1 heterocycles. The Bertz CT molecular complexity index is 314. The normalized spacial score (nSPS) is 33.7. The summed E-state index contributed by atoms with van der Waals surface area (Å²) >= 11 is 0. The molecule has 1 saturated carbocycles. The smallest absolute Gasteiger partial charge is 0.309 e. The molecule has 3 unspecified atom stereocenters. The first-order chi connectivity index (χ1) is 7.38. The maximum Gasteiger partial charge on any atom is 0.309 e. The molecule has 3 atom stereocenters. The molecule has 3 nitrogen and oxygen atoms in total. The van der Waals surface area contributed by atoms with E-state index in [-0.39, 0.29) is 35.1 Å². The number of carbonyl (C=O) groups excluding carboxylic acids is 2. The van der Waals surface area contributed by atoms with Gasteiger partial charge >= 0.3 is 5.97 Å². The number of hydrogen-bond donors (Lipinski definition) is 0. The molecule has 0 radical (unpaired) electrons. The van der Waals surface area contributed by atoms with Crippen molar-refractivity contribution in [2.24, 2.45) is 17.3 Å². The Morgan fingerprint density at radius 1 is 1.38 bits per heavy atom. The van der Waals surface area contributed by atoms with Gasteiger partial charge in [0.25, 0.3) is 0 Å². The summed E-state index contributed by atoms with van der Waals surface area (Å²) in [7, 11) is 0. The minimum absolute atomic E-state index is 0.0116. The fourth-order valence-electron chi connectivity index (χ4n) is 2.57. The summed E-state index contributed by atoms with van der Waals surface area (Å²) in [5.74, 6) is 0.607. The van der Waals surface area contributed by atoms with Gasteiger partial charge in [0.2, 0.25) is 0 Å². The van der Waals surface area contributed by atoms with Crippen LogP contribution in [0.25, 0.3) is 0 Å². The Morgan fingerprint density at radius 2 is 2.06 bits per heavy atom. The van der Waals surface area contributed by atoms with Gasteiger partial charge in [-0.3, -0.25) is 9.59 Å². The van der Waals surface area contributed by atoms with Crippen molar-refractivity contribution in [3.05, 3.63) is 0 Å². The molecule has 1 aliphatic carbocycles. The first-order valence-electron chi connectivity index (χ1n) is 6.11. The van der Waals surface area contributed by atoms with Crippen molar-refractivity contribution < 1.29 is 14.3 Å². The van der Waals surface area contributed by atoms with E-state index in [0.29, 0.717) is 6.42 Å². The number of esters is 1. The van der Waals surface area contributed by atoms with Crippen molar-refractivity contribution in [2.75, 3.05) is 0 Å². The van der Waals surface area contributed by atoms with E-state index in [9.17, 15) is 9.59 Å². The number of carbonyl (C=O) groups is 2. The summed E-state index contributed by atoms with van der Waals surface area (Å²) in [6, 6.07) is 0. The van der Waals surface area contributed by atoms with Gasteiger partial charge in [0.15, 0.2) is 0 Å². The minimum Gasteiger partial charge on any atom is -0.462 e. The SMILES string of the molecule is CC(C)(C)C(=O)CC1CCC2CC1OC2=O. The summed E-state index contributed by atoms with van der Waals surface area (Å²) < 4.78 is 5.32. The van der Waals surface area contributed by atoms with Gasteiger partial charge in [0.1, 0.15) is 11.9 Å². The molecule has 1 aliphatic heterocycles. The second-order valence-electron chi connectivity index (χ2n) is 6.12. The Balaban J connectivity index is 1.97. The fourth-order valence-corrected chi connectivity index (χ4v) is 2.57. The molecule has 0 aromatic rings. The van der Waals surface area contributed by atoms with Crippen LogP contribution in [0.2, 0.25) is 0 Å². The molecule has 0 aromatic heterocycles. The van der Waals surface area contributed by atoms with Crippen LogP contribution in [0.15, 0.2) is 0 Å². The van der Waals surface area contributed by atoms with E-state index in [1.807, 2.05) is 20.8 Å². The third kappa shape index (κ3) is 2.13. The number of fused-ring (bicyclic) bond motifs is 2. The number of rotatable bonds is 2. The second kappa shape index (κ2) is 3.86. The minimum atomic E-state index is -0.278. The van der Waals surface area contributed by atoms with Gasteiger partial charge in [-0.25, -0.2) is 0 Å². The van der Waals surface area contributed by atoms with Crippen LogP contribution in [-0.2, 0) is 14.3 Å². The predicted molar refractivity (Wildman–Crippen MR) is 59.8 cm³/mol. The summed E-state index contributed by atoms with van der Waals surface area (Å²) in [6.45, 7) is 5.84. The molecule has 1 saturated heterocycles. The van der Waals surface area contributed by atoms with Crippen LogP contribution in [0.3, 0.4) is 0 Å². The van der Waals surface area contributed by atoms with Crippen LogP contribution in [0.4, 0.5) is 0 Å². The highest BCUT2D eigenvalue weighted by Gasteiger charge is 2.44. The number of hydrogen-bond acceptors (Lipinski definition) is 3. The monoisotopic (exact) mass is 224 g/mol. The molecule has 16 heavy (non-hydrogen) atoms. The second-order valence-corrected chi connectivity index (χ2v) is 6.12. The molecule has 0 N–H and O–H groups in total. The summed E-state index contributed by atoms with van der Waals surface area (Å²) in [5, 5.41) is 0. The Hall–Kier alpha value is -0.860. The van der Waals surface area contributed by atoms with Gasteiger partial charge in [-0.1, -0.05) is 20.8 Å². The maximum atomic E-state index is 11.9. The van der Waals surface area contributed by atoms with Crippen molar-refractivity contribution in [2.45, 2.75) is 52.6 Å². The van der Waals surface area contributed by atoms with Crippen LogP contribution in [0.1, 0.15) is 46.5 Å². The maximum absolute atomic E-state index is 11.9. The average Bonchev–Trinajstić information content (AvgIpc) is 2.46. The van der Waals surface area contributed by atoms with Crippen molar-refractivity contribution in [1.29, 1.82) is 0 Å². The van der Waals surface area contributed by atoms with Gasteiger partial charge in [-0.15, -0.1) is 0 Å². The lowest BCUT2D eigenvalue weighted by Crippen LogP contribution is -2.30. The lowest BCUT2D eigenvalue weighted by Gasteiger charge is -2.27. The Labute approximate surface area is 96.5 Å². The average molecular weight is 224 g/mol. The van der Waals surface area contributed by atoms with Crippen LogP contribution in [0.5, 0.6) is 0 Å². The predicted octanol–water partition coefficient (Wildman–Crippen LogP) is 2.33. The lowest BCUT2D eigenvalue weighted by molar-refractivity contribution is -0.145. The topological polar surface area (TPSA) is 43.4 Å². The quantitative estimate of drug-likeness (QED) is 0.676. The molecule has 2 aliphatic rings. The number of ether oxygens (including phenoxy) is 1. The first-order valence-corrected chi connectivity index (χ1v) is 6.11. The molecular weight excluding hydrogens is 204 g/mol. The lowest BCUT2D eigenvalue weighted by atomic mass is 9.76. The van der Waals surface area contributed by atoms with Crippen LogP contribution in [0, 0.1) is 17.3 Å². The van der Waals surface area contributed by atoms with Crippen molar-refractivity contribution >= 4 is 11.8 Å². The highest BCUT2D eigenvalue weighted by Crippen LogP contribution is 2.40. The van der Waals surface area contributed by atoms with E-state index in [4.69, 9.17) is 4.74 Å². The van der Waals surface area contributed by atoms with Gasteiger partial charge < -0.3 is 4.74 Å². The molecule has 3 heteroatoms. The Kier molecular flexibility index (Phi) is 2.81. The van der Waals surface area contributed by atoms with Gasteiger partial charge in [0.05, 0.1) is 5.92 Å². The largest absolute Gasteiger partial charge is 0.462 e. The van der Waals surface area contributed by atoms with Gasteiger partial charge in [-0.05, 0) is 19.3 Å². The molecule has 0 amide bonds. The summed E-state index contributed by atoms with van der Waals surface area (Å²) in [6.07, 6.45) is 3.27. The van der Waals surface area contributed by atoms with E-state index in [1.165, 1.54) is 0 Å². The molecule has 90 valence electrons. The van der Waals surface area contributed by atoms with E-state index in [2.05, 4.69) is 0 Å². The summed E-state index contributed by atoms with van der Waals surface area (Å²) in [4.78, 5) is 23.3. The fraction of sp³-hybridized carbons (Fsp3) is 0.846. The first kappa shape index (κ1) is 11.6. The molecular formula is C13H20O3. The zero-order valence-electron chi connectivity index (χ0n) is 10.3. The molecule has 2 bridgehead atoms. The highest BCUT2D eigenvalue weighted by atomic mass is 16.6. The zero-order chi connectivity index (χ0) is 11.9. The van der Waals surface area contributed by atoms with E-state index < -0.39 is 0 Å².